The van der Waals surface area contributed by atoms with Crippen LogP contribution in [-0.2, 0) is 13.0 Å². The number of carbonyl (C=O) groups excluding carboxylic acids is 1. The van der Waals surface area contributed by atoms with Gasteiger partial charge in [-0.15, -0.1) is 24.0 Å². The number of primary amides is 1. The lowest BCUT2D eigenvalue weighted by Gasteiger charge is -2.20. The van der Waals surface area contributed by atoms with Crippen LogP contribution in [-0.4, -0.2) is 25.5 Å². The van der Waals surface area contributed by atoms with Crippen molar-refractivity contribution in [1.29, 1.82) is 0 Å². The second-order valence-electron chi connectivity index (χ2n) is 7.17. The zero-order valence-electron chi connectivity index (χ0n) is 17.6. The average molecular weight is 528 g/mol. The summed E-state index contributed by atoms with van der Waals surface area (Å²) in [7, 11) is 1.76. The van der Waals surface area contributed by atoms with E-state index in [2.05, 4.69) is 64.2 Å². The molecule has 162 valence electrons. The van der Waals surface area contributed by atoms with Gasteiger partial charge in [0.05, 0.1) is 0 Å². The quantitative estimate of drug-likeness (QED) is 0.234. The van der Waals surface area contributed by atoms with Crippen molar-refractivity contribution in [3.8, 4) is 0 Å². The maximum Gasteiger partial charge on any atom is 0.248 e. The van der Waals surface area contributed by atoms with E-state index in [4.69, 9.17) is 5.73 Å². The minimum atomic E-state index is -0.419. The van der Waals surface area contributed by atoms with Gasteiger partial charge in [0.25, 0.3) is 0 Å². The molecule has 0 aromatic heterocycles. The van der Waals surface area contributed by atoms with Gasteiger partial charge in [-0.3, -0.25) is 9.79 Å². The fourth-order valence-corrected chi connectivity index (χ4v) is 3.34. The molecule has 3 aromatic carbocycles. The van der Waals surface area contributed by atoms with Crippen LogP contribution < -0.4 is 16.4 Å². The van der Waals surface area contributed by atoms with Crippen LogP contribution in [0, 0.1) is 0 Å². The van der Waals surface area contributed by atoms with Crippen LogP contribution in [0.3, 0.4) is 0 Å². The third-order valence-electron chi connectivity index (χ3n) is 5.03. The third kappa shape index (κ3) is 7.71. The number of hydrogen-bond donors (Lipinski definition) is 3. The molecule has 0 fully saturated rings. The molecule has 0 radical (unpaired) electrons. The zero-order chi connectivity index (χ0) is 21.2. The molecule has 0 aliphatic rings. The Morgan fingerprint density at radius 3 is 2.06 bits per heavy atom. The lowest BCUT2D eigenvalue weighted by Crippen LogP contribution is -2.39. The molecule has 0 saturated heterocycles. The van der Waals surface area contributed by atoms with Crippen molar-refractivity contribution in [1.82, 2.24) is 10.6 Å². The maximum atomic E-state index is 11.2. The Kier molecular flexibility index (Phi) is 10.0. The summed E-state index contributed by atoms with van der Waals surface area (Å²) in [6.07, 6.45) is 0.948. The molecule has 1 amide bonds. The van der Waals surface area contributed by atoms with Crippen molar-refractivity contribution < 1.29 is 4.79 Å². The van der Waals surface area contributed by atoms with Crippen molar-refractivity contribution in [3.63, 3.8) is 0 Å². The number of benzene rings is 3. The predicted octanol–water partition coefficient (Wildman–Crippen LogP) is 4.10. The third-order valence-corrected chi connectivity index (χ3v) is 5.03. The van der Waals surface area contributed by atoms with Gasteiger partial charge in [0.1, 0.15) is 0 Å². The van der Waals surface area contributed by atoms with E-state index in [9.17, 15) is 4.79 Å². The lowest BCUT2D eigenvalue weighted by molar-refractivity contribution is 0.100. The maximum absolute atomic E-state index is 11.2. The second kappa shape index (κ2) is 12.7. The second-order valence-corrected chi connectivity index (χ2v) is 7.17. The van der Waals surface area contributed by atoms with Crippen molar-refractivity contribution >= 4 is 35.8 Å². The number of carbonyl (C=O) groups is 1. The van der Waals surface area contributed by atoms with E-state index in [0.29, 0.717) is 18.0 Å². The van der Waals surface area contributed by atoms with Crippen LogP contribution >= 0.6 is 24.0 Å². The van der Waals surface area contributed by atoms with Gasteiger partial charge in [-0.1, -0.05) is 72.8 Å². The van der Waals surface area contributed by atoms with E-state index in [0.717, 1.165) is 24.5 Å². The monoisotopic (exact) mass is 528 g/mol. The first-order valence-electron chi connectivity index (χ1n) is 10.1. The summed E-state index contributed by atoms with van der Waals surface area (Å²) in [6, 6.07) is 28.3. The standard InChI is InChI=1S/C25H28N4O.HI/c1-27-25(28-17-20-12-14-22(15-13-20)24(26)30)29-18-23(21-10-6-3-7-11-21)16-19-8-4-2-5-9-19;/h2-15,23H,16-18H2,1H3,(H2,26,30)(H2,27,28,29);1H. The van der Waals surface area contributed by atoms with Crippen molar-refractivity contribution in [2.75, 3.05) is 13.6 Å². The largest absolute Gasteiger partial charge is 0.366 e. The van der Waals surface area contributed by atoms with Crippen LogP contribution in [0.2, 0.25) is 0 Å². The Balaban J connectivity index is 0.00000341. The molecule has 3 aromatic rings. The minimum Gasteiger partial charge on any atom is -0.366 e. The molecule has 0 heterocycles. The predicted molar refractivity (Wildman–Crippen MR) is 138 cm³/mol. The SMILES string of the molecule is CN=C(NCc1ccc(C(N)=O)cc1)NCC(Cc1ccccc1)c1ccccc1.I. The normalized spacial score (nSPS) is 11.8. The van der Waals surface area contributed by atoms with Gasteiger partial charge in [0.2, 0.25) is 5.91 Å². The Bertz CT molecular complexity index is 960. The van der Waals surface area contributed by atoms with Crippen LogP contribution in [0.15, 0.2) is 89.9 Å². The van der Waals surface area contributed by atoms with E-state index in [1.807, 2.05) is 24.3 Å². The Morgan fingerprint density at radius 2 is 1.48 bits per heavy atom. The minimum absolute atomic E-state index is 0. The molecular formula is C25H29IN4O. The van der Waals surface area contributed by atoms with Gasteiger partial charge in [0.15, 0.2) is 5.96 Å². The van der Waals surface area contributed by atoms with Crippen molar-refractivity contribution in [2.45, 2.75) is 18.9 Å². The van der Waals surface area contributed by atoms with Crippen LogP contribution in [0.4, 0.5) is 0 Å². The fourth-order valence-electron chi connectivity index (χ4n) is 3.34. The van der Waals surface area contributed by atoms with E-state index in [1.54, 1.807) is 19.2 Å². The molecule has 0 bridgehead atoms. The summed E-state index contributed by atoms with van der Waals surface area (Å²) in [5, 5.41) is 6.78. The van der Waals surface area contributed by atoms with E-state index in [-0.39, 0.29) is 24.0 Å². The number of halogens is 1. The number of amides is 1. The average Bonchev–Trinajstić information content (AvgIpc) is 2.80. The summed E-state index contributed by atoms with van der Waals surface area (Å²) in [6.45, 7) is 1.37. The summed E-state index contributed by atoms with van der Waals surface area (Å²) in [5.41, 5.74) is 9.46. The summed E-state index contributed by atoms with van der Waals surface area (Å²) >= 11 is 0. The van der Waals surface area contributed by atoms with Gasteiger partial charge >= 0.3 is 0 Å². The van der Waals surface area contributed by atoms with Gasteiger partial charge in [-0.2, -0.15) is 0 Å². The van der Waals surface area contributed by atoms with E-state index in [1.165, 1.54) is 11.1 Å². The van der Waals surface area contributed by atoms with Crippen molar-refractivity contribution in [3.05, 3.63) is 107 Å². The van der Waals surface area contributed by atoms with Gasteiger partial charge in [0, 0.05) is 31.6 Å². The number of rotatable bonds is 8. The molecule has 5 nitrogen and oxygen atoms in total. The number of nitrogens with zero attached hydrogens (tertiary/aromatic N) is 1. The highest BCUT2D eigenvalue weighted by Crippen LogP contribution is 2.20. The molecule has 0 saturated carbocycles. The highest BCUT2D eigenvalue weighted by molar-refractivity contribution is 14.0. The number of nitrogens with two attached hydrogens (primary N) is 1. The van der Waals surface area contributed by atoms with Crippen LogP contribution in [0.5, 0.6) is 0 Å². The zero-order valence-corrected chi connectivity index (χ0v) is 20.0. The topological polar surface area (TPSA) is 79.5 Å². The van der Waals surface area contributed by atoms with Gasteiger partial charge < -0.3 is 16.4 Å². The molecule has 1 atom stereocenters. The van der Waals surface area contributed by atoms with Gasteiger partial charge in [-0.05, 0) is 35.2 Å². The molecule has 0 spiro atoms. The molecule has 0 aliphatic heterocycles. The highest BCUT2D eigenvalue weighted by Gasteiger charge is 2.13. The van der Waals surface area contributed by atoms with Crippen molar-refractivity contribution in [2.24, 2.45) is 10.7 Å². The number of guanidine groups is 1. The van der Waals surface area contributed by atoms with Crippen LogP contribution in [0.25, 0.3) is 0 Å². The molecule has 6 heteroatoms. The molecule has 0 aliphatic carbocycles. The molecule has 3 rings (SSSR count). The Hall–Kier alpha value is -2.87. The number of aliphatic imine (C=N–C) groups is 1. The highest BCUT2D eigenvalue weighted by atomic mass is 127. The number of hydrogen-bond acceptors (Lipinski definition) is 2. The summed E-state index contributed by atoms with van der Waals surface area (Å²) in [4.78, 5) is 15.5. The fraction of sp³-hybridized carbons (Fsp3) is 0.200. The Morgan fingerprint density at radius 1 is 0.871 bits per heavy atom. The Labute approximate surface area is 201 Å². The van der Waals surface area contributed by atoms with Crippen LogP contribution in [0.1, 0.15) is 33.0 Å². The first-order valence-corrected chi connectivity index (χ1v) is 10.1. The lowest BCUT2D eigenvalue weighted by atomic mass is 9.92. The smallest absolute Gasteiger partial charge is 0.248 e. The van der Waals surface area contributed by atoms with E-state index < -0.39 is 5.91 Å². The summed E-state index contributed by atoms with van der Waals surface area (Å²) < 4.78 is 0. The molecule has 4 N–H and O–H groups in total. The first-order chi connectivity index (χ1) is 14.7. The molecule has 1 unspecified atom stereocenters. The van der Waals surface area contributed by atoms with E-state index >= 15 is 0 Å². The molecule has 31 heavy (non-hydrogen) atoms. The molecular weight excluding hydrogens is 499 g/mol. The van der Waals surface area contributed by atoms with Gasteiger partial charge in [-0.25, -0.2) is 0 Å². The first kappa shape index (κ1) is 24.4. The number of nitrogens with one attached hydrogen (secondary N) is 2. The summed E-state index contributed by atoms with van der Waals surface area (Å²) in [5.74, 6) is 0.641.